The molecule has 0 radical (unpaired) electrons. The molecule has 3 aromatic rings. The summed E-state index contributed by atoms with van der Waals surface area (Å²) in [5, 5.41) is 3.67. The second-order valence-electron chi connectivity index (χ2n) is 6.97. The second kappa shape index (κ2) is 6.85. The molecule has 1 saturated heterocycles. The van der Waals surface area contributed by atoms with Crippen molar-refractivity contribution in [1.29, 1.82) is 0 Å². The van der Waals surface area contributed by atoms with E-state index in [9.17, 15) is 4.79 Å². The first-order chi connectivity index (χ1) is 12.5. The Morgan fingerprint density at radius 3 is 3.08 bits per heavy atom. The molecule has 1 aliphatic rings. The minimum absolute atomic E-state index is 0.0322. The lowest BCUT2D eigenvalue weighted by atomic mass is 10.1. The molecule has 4 rings (SSSR count). The Balaban J connectivity index is 1.47. The summed E-state index contributed by atoms with van der Waals surface area (Å²) >= 11 is 1.72. The Morgan fingerprint density at radius 2 is 2.23 bits per heavy atom. The van der Waals surface area contributed by atoms with E-state index in [0.29, 0.717) is 11.9 Å². The summed E-state index contributed by atoms with van der Waals surface area (Å²) in [7, 11) is 1.77. The monoisotopic (exact) mass is 372 g/mol. The first kappa shape index (κ1) is 17.2. The zero-order valence-corrected chi connectivity index (χ0v) is 16.2. The van der Waals surface area contributed by atoms with Crippen LogP contribution >= 0.6 is 11.3 Å². The number of anilines is 1. The van der Waals surface area contributed by atoms with Gasteiger partial charge in [-0.05, 0) is 26.7 Å². The first-order valence-corrected chi connectivity index (χ1v) is 9.78. The predicted molar refractivity (Wildman–Crippen MR) is 104 cm³/mol. The van der Waals surface area contributed by atoms with Crippen LogP contribution in [-0.2, 0) is 13.6 Å². The van der Waals surface area contributed by atoms with Gasteiger partial charge in [0.25, 0.3) is 5.56 Å². The summed E-state index contributed by atoms with van der Waals surface area (Å²) in [5.74, 6) is 0.554. The summed E-state index contributed by atoms with van der Waals surface area (Å²) in [6.07, 6.45) is 7.70. The van der Waals surface area contributed by atoms with Gasteiger partial charge in [-0.2, -0.15) is 0 Å². The number of imidazole rings is 1. The molecule has 0 aliphatic carbocycles. The highest BCUT2D eigenvalue weighted by molar-refractivity contribution is 7.17. The molecule has 1 fully saturated rings. The lowest BCUT2D eigenvalue weighted by molar-refractivity contribution is 0.416. The zero-order valence-electron chi connectivity index (χ0n) is 15.4. The molecule has 4 heterocycles. The quantitative estimate of drug-likeness (QED) is 0.757. The number of nitrogens with one attached hydrogen (secondary N) is 1. The van der Waals surface area contributed by atoms with Crippen LogP contribution in [0.2, 0.25) is 0 Å². The maximum absolute atomic E-state index is 12.3. The van der Waals surface area contributed by atoms with E-state index in [2.05, 4.69) is 44.6 Å². The van der Waals surface area contributed by atoms with Gasteiger partial charge in [0.15, 0.2) is 10.8 Å². The van der Waals surface area contributed by atoms with Crippen LogP contribution in [0.25, 0.3) is 4.96 Å². The molecule has 1 unspecified atom stereocenters. The van der Waals surface area contributed by atoms with Gasteiger partial charge in [0.05, 0.1) is 11.4 Å². The first-order valence-electron chi connectivity index (χ1n) is 8.97. The molecular formula is C18H24N6OS. The SMILES string of the molecule is Cc1cn2c(CNC3CCCN(c4nccn(C)c4=O)C3)c(C)nc2s1. The smallest absolute Gasteiger partial charge is 0.293 e. The normalized spacial score (nSPS) is 18.0. The lowest BCUT2D eigenvalue weighted by Crippen LogP contribution is -2.47. The molecule has 8 heteroatoms. The van der Waals surface area contributed by atoms with Crippen LogP contribution in [-0.4, -0.2) is 38.1 Å². The molecule has 138 valence electrons. The third kappa shape index (κ3) is 3.14. The topological polar surface area (TPSA) is 67.5 Å². The van der Waals surface area contributed by atoms with Crippen molar-refractivity contribution in [1.82, 2.24) is 24.3 Å². The van der Waals surface area contributed by atoms with E-state index in [0.717, 1.165) is 43.1 Å². The lowest BCUT2D eigenvalue weighted by Gasteiger charge is -2.33. The standard InChI is InChI=1S/C18H24N6OS/c1-12-10-24-15(13(2)21-18(24)26-12)9-20-14-5-4-7-23(11-14)16-17(25)22(3)8-6-19-16/h6,8,10,14,20H,4-5,7,9,11H2,1-3H3. The number of hydrogen-bond donors (Lipinski definition) is 1. The van der Waals surface area contributed by atoms with E-state index < -0.39 is 0 Å². The van der Waals surface area contributed by atoms with Crippen molar-refractivity contribution in [2.45, 2.75) is 39.3 Å². The fourth-order valence-corrected chi connectivity index (χ4v) is 4.49. The molecule has 7 nitrogen and oxygen atoms in total. The Labute approximate surface area is 156 Å². The molecule has 1 aliphatic heterocycles. The number of aromatic nitrogens is 4. The predicted octanol–water partition coefficient (Wildman–Crippen LogP) is 1.86. The Kier molecular flexibility index (Phi) is 4.54. The highest BCUT2D eigenvalue weighted by atomic mass is 32.1. The van der Waals surface area contributed by atoms with Gasteiger partial charge in [0.2, 0.25) is 0 Å². The van der Waals surface area contributed by atoms with Gasteiger partial charge in [-0.15, -0.1) is 11.3 Å². The highest BCUT2D eigenvalue weighted by Crippen LogP contribution is 2.21. The molecule has 0 amide bonds. The molecular weight excluding hydrogens is 348 g/mol. The van der Waals surface area contributed by atoms with Crippen molar-refractivity contribution in [2.75, 3.05) is 18.0 Å². The van der Waals surface area contributed by atoms with Gasteiger partial charge in [-0.25, -0.2) is 9.97 Å². The summed E-state index contributed by atoms with van der Waals surface area (Å²) < 4.78 is 3.78. The van der Waals surface area contributed by atoms with Crippen molar-refractivity contribution in [3.05, 3.63) is 45.2 Å². The summed E-state index contributed by atoms with van der Waals surface area (Å²) in [6.45, 7) is 6.64. The van der Waals surface area contributed by atoms with E-state index in [1.165, 1.54) is 10.6 Å². The largest absolute Gasteiger partial charge is 0.350 e. The van der Waals surface area contributed by atoms with Crippen molar-refractivity contribution >= 4 is 22.1 Å². The van der Waals surface area contributed by atoms with Crippen LogP contribution in [0, 0.1) is 13.8 Å². The fourth-order valence-electron chi connectivity index (χ4n) is 3.60. The van der Waals surface area contributed by atoms with Gasteiger partial charge < -0.3 is 14.8 Å². The maximum atomic E-state index is 12.3. The average molecular weight is 372 g/mol. The van der Waals surface area contributed by atoms with E-state index >= 15 is 0 Å². The number of aryl methyl sites for hydroxylation is 3. The number of thiazole rings is 1. The number of piperidine rings is 1. The molecule has 0 spiro atoms. The van der Waals surface area contributed by atoms with Gasteiger partial charge in [-0.1, -0.05) is 0 Å². The van der Waals surface area contributed by atoms with Crippen LogP contribution < -0.4 is 15.8 Å². The van der Waals surface area contributed by atoms with E-state index in [1.807, 2.05) is 0 Å². The van der Waals surface area contributed by atoms with Gasteiger partial charge in [-0.3, -0.25) is 9.20 Å². The van der Waals surface area contributed by atoms with Gasteiger partial charge >= 0.3 is 0 Å². The van der Waals surface area contributed by atoms with Crippen LogP contribution in [0.3, 0.4) is 0 Å². The molecule has 1 N–H and O–H groups in total. The Hall–Kier alpha value is -2.19. The number of rotatable bonds is 4. The van der Waals surface area contributed by atoms with Crippen LogP contribution in [0.4, 0.5) is 5.82 Å². The Bertz CT molecular complexity index is 987. The van der Waals surface area contributed by atoms with Crippen molar-refractivity contribution in [3.63, 3.8) is 0 Å². The van der Waals surface area contributed by atoms with E-state index in [1.54, 1.807) is 35.3 Å². The Morgan fingerprint density at radius 1 is 1.38 bits per heavy atom. The van der Waals surface area contributed by atoms with E-state index in [-0.39, 0.29) is 5.56 Å². The van der Waals surface area contributed by atoms with Crippen LogP contribution in [0.5, 0.6) is 0 Å². The molecule has 1 atom stereocenters. The number of fused-ring (bicyclic) bond motifs is 1. The molecule has 26 heavy (non-hydrogen) atoms. The average Bonchev–Trinajstić information content (AvgIpc) is 3.10. The van der Waals surface area contributed by atoms with Crippen molar-refractivity contribution in [3.8, 4) is 0 Å². The molecule has 0 saturated carbocycles. The van der Waals surface area contributed by atoms with Crippen molar-refractivity contribution in [2.24, 2.45) is 7.05 Å². The van der Waals surface area contributed by atoms with Gasteiger partial charge in [0.1, 0.15) is 0 Å². The summed E-state index contributed by atoms with van der Waals surface area (Å²) in [6, 6.07) is 0.333. The second-order valence-corrected chi connectivity index (χ2v) is 8.18. The third-order valence-electron chi connectivity index (χ3n) is 5.02. The zero-order chi connectivity index (χ0) is 18.3. The van der Waals surface area contributed by atoms with Crippen LogP contribution in [0.1, 0.15) is 29.1 Å². The maximum Gasteiger partial charge on any atom is 0.293 e. The van der Waals surface area contributed by atoms with E-state index in [4.69, 9.17) is 0 Å². The molecule has 0 aromatic carbocycles. The number of hydrogen-bond acceptors (Lipinski definition) is 6. The third-order valence-corrected chi connectivity index (χ3v) is 5.92. The summed E-state index contributed by atoms with van der Waals surface area (Å²) in [4.78, 5) is 25.7. The van der Waals surface area contributed by atoms with Crippen molar-refractivity contribution < 1.29 is 0 Å². The van der Waals surface area contributed by atoms with Gasteiger partial charge in [0, 0.05) is 56.2 Å². The summed E-state index contributed by atoms with van der Waals surface area (Å²) in [5.41, 5.74) is 2.26. The minimum Gasteiger partial charge on any atom is -0.350 e. The molecule has 0 bridgehead atoms. The minimum atomic E-state index is -0.0322. The van der Waals surface area contributed by atoms with Crippen LogP contribution in [0.15, 0.2) is 23.4 Å². The molecule has 3 aromatic heterocycles. The fraction of sp³-hybridized carbons (Fsp3) is 0.500. The highest BCUT2D eigenvalue weighted by Gasteiger charge is 2.23. The number of nitrogens with zero attached hydrogens (tertiary/aromatic N) is 5.